The number of aryl methyl sites for hydroxylation is 4. The first kappa shape index (κ1) is 21.2. The SMILES string of the molecule is CC(=NC(C(N)=O)c1c(C)cccc1C)NC(C(N)=O)c1c(C)cccc1C. The van der Waals surface area contributed by atoms with Crippen LogP contribution in [-0.4, -0.2) is 17.6 Å². The summed E-state index contributed by atoms with van der Waals surface area (Å²) in [7, 11) is 0. The molecule has 0 heterocycles. The molecular formula is C22H28N4O2. The lowest BCUT2D eigenvalue weighted by Crippen LogP contribution is -2.38. The molecule has 0 saturated heterocycles. The van der Waals surface area contributed by atoms with E-state index in [-0.39, 0.29) is 0 Å². The zero-order valence-electron chi connectivity index (χ0n) is 17.0. The highest BCUT2D eigenvalue weighted by molar-refractivity contribution is 5.92. The second-order valence-electron chi connectivity index (χ2n) is 7.11. The van der Waals surface area contributed by atoms with E-state index in [2.05, 4.69) is 10.3 Å². The van der Waals surface area contributed by atoms with E-state index in [4.69, 9.17) is 11.5 Å². The maximum absolute atomic E-state index is 12.2. The molecule has 2 atom stereocenters. The number of primary amides is 2. The highest BCUT2D eigenvalue weighted by Crippen LogP contribution is 2.26. The van der Waals surface area contributed by atoms with Crippen molar-refractivity contribution in [3.8, 4) is 0 Å². The molecule has 0 saturated carbocycles. The lowest BCUT2D eigenvalue weighted by Gasteiger charge is -2.22. The Hall–Kier alpha value is -3.15. The summed E-state index contributed by atoms with van der Waals surface area (Å²) in [5.41, 5.74) is 16.6. The van der Waals surface area contributed by atoms with Crippen molar-refractivity contribution < 1.29 is 9.59 Å². The lowest BCUT2D eigenvalue weighted by atomic mass is 9.95. The van der Waals surface area contributed by atoms with Crippen LogP contribution in [0.1, 0.15) is 52.4 Å². The maximum Gasteiger partial charge on any atom is 0.246 e. The summed E-state index contributed by atoms with van der Waals surface area (Å²) >= 11 is 0. The number of amidine groups is 1. The number of hydrogen-bond donors (Lipinski definition) is 3. The molecule has 0 aliphatic rings. The fraction of sp³-hybridized carbons (Fsp3) is 0.318. The minimum atomic E-state index is -0.847. The van der Waals surface area contributed by atoms with Gasteiger partial charge in [-0.05, 0) is 68.0 Å². The molecule has 6 nitrogen and oxygen atoms in total. The average molecular weight is 380 g/mol. The second kappa shape index (κ2) is 8.69. The Balaban J connectivity index is 2.44. The number of carbonyl (C=O) groups is 2. The van der Waals surface area contributed by atoms with Crippen LogP contribution < -0.4 is 16.8 Å². The van der Waals surface area contributed by atoms with Crippen molar-refractivity contribution in [3.05, 3.63) is 69.8 Å². The van der Waals surface area contributed by atoms with Crippen LogP contribution in [0.4, 0.5) is 0 Å². The number of carbonyl (C=O) groups excluding carboxylic acids is 2. The van der Waals surface area contributed by atoms with Crippen molar-refractivity contribution in [2.24, 2.45) is 16.5 Å². The minimum absolute atomic E-state index is 0.415. The van der Waals surface area contributed by atoms with E-state index in [9.17, 15) is 9.59 Å². The molecule has 0 fully saturated rings. The number of rotatable bonds is 6. The molecule has 0 aliphatic heterocycles. The lowest BCUT2D eigenvalue weighted by molar-refractivity contribution is -0.120. The third-order valence-corrected chi connectivity index (χ3v) is 4.88. The van der Waals surface area contributed by atoms with Gasteiger partial charge in [-0.15, -0.1) is 0 Å². The Morgan fingerprint density at radius 1 is 0.821 bits per heavy atom. The molecule has 2 unspecified atom stereocenters. The minimum Gasteiger partial charge on any atom is -0.368 e. The molecule has 0 spiro atoms. The Morgan fingerprint density at radius 2 is 1.25 bits per heavy atom. The fourth-order valence-corrected chi connectivity index (χ4v) is 3.54. The Labute approximate surface area is 166 Å². The van der Waals surface area contributed by atoms with Gasteiger partial charge in [0.2, 0.25) is 11.8 Å². The smallest absolute Gasteiger partial charge is 0.246 e. The molecule has 0 aliphatic carbocycles. The first-order chi connectivity index (χ1) is 13.1. The normalized spacial score (nSPS) is 13.7. The predicted molar refractivity (Wildman–Crippen MR) is 112 cm³/mol. The van der Waals surface area contributed by atoms with Gasteiger partial charge in [0, 0.05) is 0 Å². The molecule has 5 N–H and O–H groups in total. The third-order valence-electron chi connectivity index (χ3n) is 4.88. The van der Waals surface area contributed by atoms with Crippen LogP contribution in [-0.2, 0) is 9.59 Å². The molecule has 2 rings (SSSR count). The summed E-state index contributed by atoms with van der Waals surface area (Å²) in [5, 5.41) is 3.08. The van der Waals surface area contributed by atoms with Gasteiger partial charge in [0.1, 0.15) is 6.04 Å². The van der Waals surface area contributed by atoms with Gasteiger partial charge in [-0.2, -0.15) is 0 Å². The first-order valence-corrected chi connectivity index (χ1v) is 9.15. The number of benzene rings is 2. The molecule has 0 radical (unpaired) electrons. The number of hydrogen-bond acceptors (Lipinski definition) is 3. The van der Waals surface area contributed by atoms with Gasteiger partial charge < -0.3 is 16.8 Å². The van der Waals surface area contributed by atoms with E-state index >= 15 is 0 Å². The van der Waals surface area contributed by atoms with Crippen molar-refractivity contribution in [2.75, 3.05) is 0 Å². The number of aliphatic imine (C=N–C) groups is 1. The topological polar surface area (TPSA) is 111 Å². The second-order valence-corrected chi connectivity index (χ2v) is 7.11. The average Bonchev–Trinajstić information content (AvgIpc) is 2.59. The van der Waals surface area contributed by atoms with Gasteiger partial charge in [-0.3, -0.25) is 14.6 Å². The van der Waals surface area contributed by atoms with Crippen LogP contribution in [0, 0.1) is 27.7 Å². The van der Waals surface area contributed by atoms with Crippen molar-refractivity contribution in [3.63, 3.8) is 0 Å². The Kier molecular flexibility index (Phi) is 6.57. The van der Waals surface area contributed by atoms with Gasteiger partial charge in [0.25, 0.3) is 0 Å². The van der Waals surface area contributed by atoms with Crippen LogP contribution >= 0.6 is 0 Å². The zero-order chi connectivity index (χ0) is 21.0. The molecular weight excluding hydrogens is 352 g/mol. The molecule has 2 aromatic rings. The van der Waals surface area contributed by atoms with Crippen LogP contribution in [0.3, 0.4) is 0 Å². The van der Waals surface area contributed by atoms with Gasteiger partial charge >= 0.3 is 0 Å². The predicted octanol–water partition coefficient (Wildman–Crippen LogP) is 2.68. The third kappa shape index (κ3) is 4.57. The monoisotopic (exact) mass is 380 g/mol. The molecule has 0 aromatic heterocycles. The van der Waals surface area contributed by atoms with E-state index in [1.54, 1.807) is 6.92 Å². The number of nitrogens with two attached hydrogens (primary N) is 2. The van der Waals surface area contributed by atoms with Crippen molar-refractivity contribution in [1.82, 2.24) is 5.32 Å². The molecule has 0 bridgehead atoms. The van der Waals surface area contributed by atoms with Crippen molar-refractivity contribution in [1.29, 1.82) is 0 Å². The maximum atomic E-state index is 12.2. The summed E-state index contributed by atoms with van der Waals surface area (Å²) in [6.07, 6.45) is 0. The van der Waals surface area contributed by atoms with Gasteiger partial charge in [0.15, 0.2) is 6.04 Å². The van der Waals surface area contributed by atoms with Gasteiger partial charge in [-0.1, -0.05) is 36.4 Å². The highest BCUT2D eigenvalue weighted by Gasteiger charge is 2.24. The van der Waals surface area contributed by atoms with E-state index in [0.717, 1.165) is 33.4 Å². The Bertz CT molecular complexity index is 894. The summed E-state index contributed by atoms with van der Waals surface area (Å²) in [4.78, 5) is 28.8. The molecule has 6 heteroatoms. The largest absolute Gasteiger partial charge is 0.368 e. The number of amides is 2. The zero-order valence-corrected chi connectivity index (χ0v) is 17.0. The highest BCUT2D eigenvalue weighted by atomic mass is 16.2. The summed E-state index contributed by atoms with van der Waals surface area (Å²) in [6.45, 7) is 9.39. The summed E-state index contributed by atoms with van der Waals surface area (Å²) in [6, 6.07) is 9.93. The van der Waals surface area contributed by atoms with Crippen molar-refractivity contribution in [2.45, 2.75) is 46.7 Å². The fourth-order valence-electron chi connectivity index (χ4n) is 3.54. The van der Waals surface area contributed by atoms with Crippen LogP contribution in [0.15, 0.2) is 41.4 Å². The number of nitrogens with one attached hydrogen (secondary N) is 1. The Morgan fingerprint density at radius 3 is 1.64 bits per heavy atom. The standard InChI is InChI=1S/C22H28N4O2/c1-12-8-6-9-13(2)17(12)19(21(23)27)25-16(5)26-20(22(24)28)18-14(3)10-7-11-15(18)4/h6-11,19-20H,1-5H3,(H2,23,27)(H2,24,28)(H,25,26). The van der Waals surface area contributed by atoms with E-state index in [1.807, 2.05) is 64.1 Å². The van der Waals surface area contributed by atoms with Crippen molar-refractivity contribution >= 4 is 17.6 Å². The molecule has 28 heavy (non-hydrogen) atoms. The summed E-state index contributed by atoms with van der Waals surface area (Å²) in [5.74, 6) is -0.659. The van der Waals surface area contributed by atoms with E-state index in [1.165, 1.54) is 0 Å². The van der Waals surface area contributed by atoms with Crippen LogP contribution in [0.25, 0.3) is 0 Å². The van der Waals surface area contributed by atoms with Gasteiger partial charge in [-0.25, -0.2) is 0 Å². The first-order valence-electron chi connectivity index (χ1n) is 9.15. The van der Waals surface area contributed by atoms with Crippen LogP contribution in [0.2, 0.25) is 0 Å². The van der Waals surface area contributed by atoms with Crippen LogP contribution in [0.5, 0.6) is 0 Å². The van der Waals surface area contributed by atoms with E-state index < -0.39 is 23.9 Å². The van der Waals surface area contributed by atoms with E-state index in [0.29, 0.717) is 5.84 Å². The quantitative estimate of drug-likeness (QED) is 0.529. The molecule has 2 aromatic carbocycles. The molecule has 148 valence electrons. The molecule has 2 amide bonds. The summed E-state index contributed by atoms with van der Waals surface area (Å²) < 4.78 is 0. The van der Waals surface area contributed by atoms with Gasteiger partial charge in [0.05, 0.1) is 5.84 Å². The number of nitrogens with zero attached hydrogens (tertiary/aromatic N) is 1.